The summed E-state index contributed by atoms with van der Waals surface area (Å²) in [5.41, 5.74) is 1.83. The fraction of sp³-hybridized carbons (Fsp3) is 0.296. The minimum absolute atomic E-state index is 0.0104. The lowest BCUT2D eigenvalue weighted by Crippen LogP contribution is -2.13. The number of nitriles is 1. The second-order valence-electron chi connectivity index (χ2n) is 7.89. The molecule has 1 aromatic heterocycles. The number of hydrogen-bond acceptors (Lipinski definition) is 5. The highest BCUT2D eigenvalue weighted by atomic mass is 35.5. The zero-order valence-corrected chi connectivity index (χ0v) is 20.8. The van der Waals surface area contributed by atoms with E-state index in [0.29, 0.717) is 23.2 Å². The maximum Gasteiger partial charge on any atom is 0.268 e. The maximum absolute atomic E-state index is 12.6. The van der Waals surface area contributed by atoms with Crippen LogP contribution in [0.25, 0.3) is 6.08 Å². The molecule has 0 spiro atoms. The van der Waals surface area contributed by atoms with Crippen molar-refractivity contribution in [1.29, 1.82) is 5.26 Å². The standard InChI is InChI=1S/C27H28ClN3O2S/c1-2-3-4-5-6-14-33-24-12-10-20(11-13-24)15-22(18-29)26(32)31-27-30-19-25(34-27)17-21-8-7-9-23(28)16-21/h7-13,15-16,19H,2-6,14,17H2,1H3,(H,30,31,32). The number of nitrogens with one attached hydrogen (secondary N) is 1. The average Bonchev–Trinajstić information content (AvgIpc) is 3.27. The van der Waals surface area contributed by atoms with Gasteiger partial charge >= 0.3 is 0 Å². The number of nitrogens with zero attached hydrogens (tertiary/aromatic N) is 2. The summed E-state index contributed by atoms with van der Waals surface area (Å²) in [5.74, 6) is 0.296. The van der Waals surface area contributed by atoms with Gasteiger partial charge in [-0.15, -0.1) is 11.3 Å². The number of carbonyl (C=O) groups is 1. The molecule has 0 saturated carbocycles. The van der Waals surface area contributed by atoms with Crippen molar-refractivity contribution < 1.29 is 9.53 Å². The summed E-state index contributed by atoms with van der Waals surface area (Å²) in [6, 6.07) is 17.0. The highest BCUT2D eigenvalue weighted by Gasteiger charge is 2.12. The van der Waals surface area contributed by atoms with Crippen LogP contribution < -0.4 is 10.1 Å². The van der Waals surface area contributed by atoms with Gasteiger partial charge in [-0.3, -0.25) is 10.1 Å². The van der Waals surface area contributed by atoms with Gasteiger partial charge in [-0.05, 0) is 47.9 Å². The van der Waals surface area contributed by atoms with Crippen LogP contribution >= 0.6 is 22.9 Å². The summed E-state index contributed by atoms with van der Waals surface area (Å²) in [6.45, 7) is 2.89. The first-order valence-electron chi connectivity index (χ1n) is 11.4. The number of aromatic nitrogens is 1. The van der Waals surface area contributed by atoms with Crippen molar-refractivity contribution in [2.45, 2.75) is 45.4 Å². The molecular weight excluding hydrogens is 466 g/mol. The fourth-order valence-electron chi connectivity index (χ4n) is 3.33. The monoisotopic (exact) mass is 493 g/mol. The third-order valence-corrected chi connectivity index (χ3v) is 6.26. The molecule has 0 saturated heterocycles. The second kappa shape index (κ2) is 13.5. The summed E-state index contributed by atoms with van der Waals surface area (Å²) >= 11 is 7.41. The third kappa shape index (κ3) is 8.33. The van der Waals surface area contributed by atoms with Crippen molar-refractivity contribution in [3.63, 3.8) is 0 Å². The summed E-state index contributed by atoms with van der Waals surface area (Å²) in [7, 11) is 0. The van der Waals surface area contributed by atoms with Gasteiger partial charge in [-0.25, -0.2) is 4.98 Å². The predicted molar refractivity (Wildman–Crippen MR) is 139 cm³/mol. The molecule has 7 heteroatoms. The van der Waals surface area contributed by atoms with Crippen LogP contribution in [-0.4, -0.2) is 17.5 Å². The number of unbranched alkanes of at least 4 members (excludes halogenated alkanes) is 4. The Morgan fingerprint density at radius 1 is 1.18 bits per heavy atom. The van der Waals surface area contributed by atoms with Crippen LogP contribution in [0.5, 0.6) is 5.75 Å². The first kappa shape index (κ1) is 25.5. The van der Waals surface area contributed by atoms with Gasteiger partial charge in [0.05, 0.1) is 6.61 Å². The molecule has 0 aliphatic rings. The van der Waals surface area contributed by atoms with E-state index >= 15 is 0 Å². The van der Waals surface area contributed by atoms with Gasteiger partial charge in [-0.1, -0.05) is 68.5 Å². The minimum atomic E-state index is -0.487. The van der Waals surface area contributed by atoms with Gasteiger partial charge < -0.3 is 4.74 Å². The smallest absolute Gasteiger partial charge is 0.268 e. The molecule has 0 fully saturated rings. The van der Waals surface area contributed by atoms with E-state index in [1.807, 2.05) is 54.6 Å². The molecule has 3 aromatic rings. The predicted octanol–water partition coefficient (Wildman–Crippen LogP) is 7.28. The van der Waals surface area contributed by atoms with Crippen LogP contribution in [0.4, 0.5) is 5.13 Å². The van der Waals surface area contributed by atoms with Gasteiger partial charge in [0.25, 0.3) is 5.91 Å². The first-order chi connectivity index (χ1) is 16.6. The van der Waals surface area contributed by atoms with E-state index in [-0.39, 0.29) is 5.57 Å². The van der Waals surface area contributed by atoms with Crippen molar-refractivity contribution in [1.82, 2.24) is 4.98 Å². The summed E-state index contributed by atoms with van der Waals surface area (Å²) in [5, 5.41) is 13.3. The number of amides is 1. The van der Waals surface area contributed by atoms with E-state index in [2.05, 4.69) is 17.2 Å². The molecular formula is C27H28ClN3O2S. The van der Waals surface area contributed by atoms with E-state index in [0.717, 1.165) is 28.2 Å². The first-order valence-corrected chi connectivity index (χ1v) is 12.6. The number of rotatable bonds is 12. The van der Waals surface area contributed by atoms with Crippen LogP contribution in [0.15, 0.2) is 60.3 Å². The van der Waals surface area contributed by atoms with E-state index in [9.17, 15) is 10.1 Å². The zero-order valence-electron chi connectivity index (χ0n) is 19.2. The van der Waals surface area contributed by atoms with Gasteiger partial charge in [0.15, 0.2) is 5.13 Å². The van der Waals surface area contributed by atoms with Crippen LogP contribution in [0.2, 0.25) is 5.02 Å². The highest BCUT2D eigenvalue weighted by molar-refractivity contribution is 7.15. The van der Waals surface area contributed by atoms with Crippen molar-refractivity contribution in [3.05, 3.63) is 81.3 Å². The summed E-state index contributed by atoms with van der Waals surface area (Å²) in [4.78, 5) is 17.8. The number of thiazole rings is 1. The Balaban J connectivity index is 1.53. The quantitative estimate of drug-likeness (QED) is 0.163. The Bertz CT molecular complexity index is 1150. The molecule has 0 bridgehead atoms. The van der Waals surface area contributed by atoms with Gasteiger partial charge in [0, 0.05) is 22.5 Å². The molecule has 0 atom stereocenters. The summed E-state index contributed by atoms with van der Waals surface area (Å²) < 4.78 is 5.77. The highest BCUT2D eigenvalue weighted by Crippen LogP contribution is 2.23. The third-order valence-electron chi connectivity index (χ3n) is 5.11. The molecule has 34 heavy (non-hydrogen) atoms. The Morgan fingerprint density at radius 2 is 1.97 bits per heavy atom. The fourth-order valence-corrected chi connectivity index (χ4v) is 4.39. The number of ether oxygens (including phenoxy) is 1. The average molecular weight is 494 g/mol. The lowest BCUT2D eigenvalue weighted by Gasteiger charge is -2.06. The number of benzene rings is 2. The maximum atomic E-state index is 12.6. The van der Waals surface area contributed by atoms with E-state index in [1.165, 1.54) is 37.0 Å². The van der Waals surface area contributed by atoms with Gasteiger partial charge in [0.1, 0.15) is 17.4 Å². The van der Waals surface area contributed by atoms with E-state index in [4.69, 9.17) is 16.3 Å². The number of hydrogen-bond donors (Lipinski definition) is 1. The molecule has 0 aliphatic carbocycles. The van der Waals surface area contributed by atoms with Crippen molar-refractivity contribution in [2.24, 2.45) is 0 Å². The number of carbonyl (C=O) groups excluding carboxylic acids is 1. The van der Waals surface area contributed by atoms with Crippen molar-refractivity contribution in [2.75, 3.05) is 11.9 Å². The Kier molecular flexibility index (Phi) is 10.1. The Morgan fingerprint density at radius 3 is 2.71 bits per heavy atom. The zero-order chi connectivity index (χ0) is 24.2. The van der Waals surface area contributed by atoms with Crippen LogP contribution in [0, 0.1) is 11.3 Å². The van der Waals surface area contributed by atoms with E-state index in [1.54, 1.807) is 12.3 Å². The molecule has 0 radical (unpaired) electrons. The van der Waals surface area contributed by atoms with Gasteiger partial charge in [-0.2, -0.15) is 5.26 Å². The molecule has 2 aromatic carbocycles. The lowest BCUT2D eigenvalue weighted by molar-refractivity contribution is -0.112. The van der Waals surface area contributed by atoms with Crippen LogP contribution in [0.3, 0.4) is 0 Å². The molecule has 5 nitrogen and oxygen atoms in total. The second-order valence-corrected chi connectivity index (χ2v) is 9.45. The van der Waals surface area contributed by atoms with Crippen LogP contribution in [-0.2, 0) is 11.2 Å². The topological polar surface area (TPSA) is 75.0 Å². The largest absolute Gasteiger partial charge is 0.494 e. The van der Waals surface area contributed by atoms with Crippen molar-refractivity contribution >= 4 is 40.1 Å². The summed E-state index contributed by atoms with van der Waals surface area (Å²) in [6.07, 6.45) is 9.91. The Hall–Kier alpha value is -3.14. The molecule has 0 aliphatic heterocycles. The Labute approximate surface area is 210 Å². The molecule has 3 rings (SSSR count). The molecule has 0 unspecified atom stereocenters. The molecule has 1 N–H and O–H groups in total. The van der Waals surface area contributed by atoms with E-state index < -0.39 is 5.91 Å². The van der Waals surface area contributed by atoms with Crippen LogP contribution in [0.1, 0.15) is 55.0 Å². The normalized spacial score (nSPS) is 11.1. The molecule has 1 heterocycles. The SMILES string of the molecule is CCCCCCCOc1ccc(C=C(C#N)C(=O)Nc2ncc(Cc3cccc(Cl)c3)s2)cc1. The lowest BCUT2D eigenvalue weighted by atomic mass is 10.1. The van der Waals surface area contributed by atoms with Gasteiger partial charge in [0.2, 0.25) is 0 Å². The molecule has 176 valence electrons. The van der Waals surface area contributed by atoms with Crippen molar-refractivity contribution in [3.8, 4) is 11.8 Å². The number of halogens is 1. The minimum Gasteiger partial charge on any atom is -0.494 e. The molecule has 1 amide bonds. The number of anilines is 1.